The van der Waals surface area contributed by atoms with Gasteiger partial charge in [-0.1, -0.05) is 42.1 Å². The first-order valence-corrected chi connectivity index (χ1v) is 10.6. The lowest BCUT2D eigenvalue weighted by atomic mass is 10.1. The molecule has 31 heavy (non-hydrogen) atoms. The minimum absolute atomic E-state index is 0.317. The summed E-state index contributed by atoms with van der Waals surface area (Å²) in [7, 11) is 5.48. The van der Waals surface area contributed by atoms with Gasteiger partial charge in [0.05, 0.1) is 23.3 Å². The van der Waals surface area contributed by atoms with Crippen LogP contribution in [-0.4, -0.2) is 33.0 Å². The number of thioether (sulfide) groups is 1. The number of nitrogens with zero attached hydrogens (tertiary/aromatic N) is 2. The third-order valence-corrected chi connectivity index (χ3v) is 6.10. The maximum Gasteiger partial charge on any atom is 0.272 e. The number of anilines is 2. The number of benzene rings is 3. The van der Waals surface area contributed by atoms with E-state index >= 15 is 0 Å². The molecule has 0 saturated carbocycles. The van der Waals surface area contributed by atoms with E-state index in [0.717, 1.165) is 10.6 Å². The molecule has 0 aliphatic carbocycles. The molecule has 0 radical (unpaired) electrons. The Labute approximate surface area is 185 Å². The smallest absolute Gasteiger partial charge is 0.272 e. The molecule has 0 N–H and O–H groups in total. The number of imide groups is 1. The molecule has 3 aromatic rings. The summed E-state index contributed by atoms with van der Waals surface area (Å²) in [5.41, 5.74) is 2.63. The molecule has 1 heterocycles. The van der Waals surface area contributed by atoms with E-state index in [0.29, 0.717) is 27.5 Å². The summed E-state index contributed by atoms with van der Waals surface area (Å²) in [6.07, 6.45) is 0. The molecule has 0 saturated heterocycles. The van der Waals surface area contributed by atoms with Crippen molar-refractivity contribution in [3.8, 4) is 5.75 Å². The molecule has 0 fully saturated rings. The van der Waals surface area contributed by atoms with E-state index in [1.807, 2.05) is 73.6 Å². The molecule has 4 rings (SSSR count). The fraction of sp³-hybridized carbons (Fsp3) is 0.120. The van der Waals surface area contributed by atoms with Crippen LogP contribution < -0.4 is 14.5 Å². The number of hydrogen-bond acceptors (Lipinski definition) is 5. The van der Waals surface area contributed by atoms with Gasteiger partial charge in [-0.2, -0.15) is 0 Å². The summed E-state index contributed by atoms with van der Waals surface area (Å²) in [6.45, 7) is 0. The van der Waals surface area contributed by atoms with E-state index in [1.165, 1.54) is 16.7 Å². The van der Waals surface area contributed by atoms with E-state index in [4.69, 9.17) is 4.74 Å². The highest BCUT2D eigenvalue weighted by molar-refractivity contribution is 8.04. The summed E-state index contributed by atoms with van der Waals surface area (Å²) in [4.78, 5) is 31.5. The fourth-order valence-corrected chi connectivity index (χ4v) is 4.37. The van der Waals surface area contributed by atoms with Crippen LogP contribution in [0.1, 0.15) is 5.56 Å². The summed E-state index contributed by atoms with van der Waals surface area (Å²) in [5, 5.41) is 0. The molecule has 1 aliphatic rings. The quantitative estimate of drug-likeness (QED) is 0.524. The Morgan fingerprint density at radius 2 is 1.45 bits per heavy atom. The van der Waals surface area contributed by atoms with Gasteiger partial charge in [0.2, 0.25) is 0 Å². The highest BCUT2D eigenvalue weighted by Crippen LogP contribution is 2.41. The second-order valence-corrected chi connectivity index (χ2v) is 8.29. The Kier molecular flexibility index (Phi) is 5.82. The van der Waals surface area contributed by atoms with E-state index < -0.39 is 0 Å². The minimum Gasteiger partial charge on any atom is -0.497 e. The molecular formula is C25H22N2O3S. The van der Waals surface area contributed by atoms with Crippen LogP contribution in [0.4, 0.5) is 11.4 Å². The van der Waals surface area contributed by atoms with Crippen molar-refractivity contribution in [2.24, 2.45) is 0 Å². The van der Waals surface area contributed by atoms with Gasteiger partial charge in [-0.3, -0.25) is 9.59 Å². The number of carbonyl (C=O) groups excluding carboxylic acids is 2. The Bertz CT molecular complexity index is 1140. The van der Waals surface area contributed by atoms with Crippen molar-refractivity contribution in [3.63, 3.8) is 0 Å². The number of methoxy groups -OCH3 is 1. The van der Waals surface area contributed by atoms with Crippen LogP contribution in [0, 0.1) is 0 Å². The van der Waals surface area contributed by atoms with Gasteiger partial charge in [-0.15, -0.1) is 0 Å². The summed E-state index contributed by atoms with van der Waals surface area (Å²) >= 11 is 1.31. The molecule has 6 heteroatoms. The molecule has 0 aromatic heterocycles. The normalized spacial score (nSPS) is 13.7. The monoisotopic (exact) mass is 430 g/mol. The second kappa shape index (κ2) is 8.70. The largest absolute Gasteiger partial charge is 0.497 e. The number of amides is 2. The van der Waals surface area contributed by atoms with Crippen molar-refractivity contribution in [2.75, 3.05) is 31.0 Å². The van der Waals surface area contributed by atoms with Crippen LogP contribution in [0.5, 0.6) is 5.75 Å². The maximum atomic E-state index is 13.5. The highest BCUT2D eigenvalue weighted by Gasteiger charge is 2.40. The SMILES string of the molecule is COc1ccc(C2=C(Sc3ccccc3)C(=O)N(c3ccc(N(C)C)cc3)C2=O)cc1. The maximum absolute atomic E-state index is 13.5. The van der Waals surface area contributed by atoms with Gasteiger partial charge in [-0.25, -0.2) is 4.90 Å². The van der Waals surface area contributed by atoms with Gasteiger partial charge in [0, 0.05) is 24.7 Å². The predicted molar refractivity (Wildman–Crippen MR) is 125 cm³/mol. The van der Waals surface area contributed by atoms with Crippen molar-refractivity contribution >= 4 is 40.5 Å². The first-order chi connectivity index (χ1) is 15.0. The predicted octanol–water partition coefficient (Wildman–Crippen LogP) is 4.84. The van der Waals surface area contributed by atoms with Crippen LogP contribution in [0.2, 0.25) is 0 Å². The van der Waals surface area contributed by atoms with Gasteiger partial charge in [0.1, 0.15) is 5.75 Å². The standard InChI is InChI=1S/C25H22N2O3S/c1-26(2)18-11-13-19(14-12-18)27-24(28)22(17-9-15-20(30-3)16-10-17)23(25(27)29)31-21-7-5-4-6-8-21/h4-16H,1-3H3. The average Bonchev–Trinajstić information content (AvgIpc) is 3.04. The minimum atomic E-state index is -0.328. The number of hydrogen-bond donors (Lipinski definition) is 0. The van der Waals surface area contributed by atoms with Crippen LogP contribution in [0.25, 0.3) is 5.57 Å². The lowest BCUT2D eigenvalue weighted by Crippen LogP contribution is -2.31. The van der Waals surface area contributed by atoms with Crippen LogP contribution in [0.15, 0.2) is 88.7 Å². The number of rotatable bonds is 6. The Morgan fingerprint density at radius 1 is 0.806 bits per heavy atom. The molecule has 0 spiro atoms. The van der Waals surface area contributed by atoms with Gasteiger partial charge in [0.25, 0.3) is 11.8 Å². The zero-order valence-corrected chi connectivity index (χ0v) is 18.3. The topological polar surface area (TPSA) is 49.9 Å². The fourth-order valence-electron chi connectivity index (χ4n) is 3.36. The summed E-state index contributed by atoms with van der Waals surface area (Å²) < 4.78 is 5.24. The number of ether oxygens (including phenoxy) is 1. The van der Waals surface area contributed by atoms with Crippen LogP contribution in [0.3, 0.4) is 0 Å². The highest BCUT2D eigenvalue weighted by atomic mass is 32.2. The molecule has 0 bridgehead atoms. The average molecular weight is 431 g/mol. The lowest BCUT2D eigenvalue weighted by Gasteiger charge is -2.18. The van der Waals surface area contributed by atoms with Crippen LogP contribution >= 0.6 is 11.8 Å². The van der Waals surface area contributed by atoms with Crippen molar-refractivity contribution in [3.05, 3.63) is 89.3 Å². The first-order valence-electron chi connectivity index (χ1n) is 9.77. The molecule has 5 nitrogen and oxygen atoms in total. The van der Waals surface area contributed by atoms with E-state index in [1.54, 1.807) is 31.4 Å². The molecule has 156 valence electrons. The third-order valence-electron chi connectivity index (χ3n) is 5.01. The van der Waals surface area contributed by atoms with E-state index in [2.05, 4.69) is 0 Å². The summed E-state index contributed by atoms with van der Waals surface area (Å²) in [6, 6.07) is 24.2. The summed E-state index contributed by atoms with van der Waals surface area (Å²) in [5.74, 6) is 0.0444. The first kappa shape index (κ1) is 20.8. The van der Waals surface area contributed by atoms with Crippen molar-refractivity contribution < 1.29 is 14.3 Å². The zero-order chi connectivity index (χ0) is 22.0. The van der Waals surface area contributed by atoms with Crippen molar-refractivity contribution in [1.82, 2.24) is 0 Å². The zero-order valence-electron chi connectivity index (χ0n) is 17.5. The van der Waals surface area contributed by atoms with E-state index in [9.17, 15) is 9.59 Å². The second-order valence-electron chi connectivity index (χ2n) is 7.20. The molecule has 2 amide bonds. The van der Waals surface area contributed by atoms with Gasteiger partial charge < -0.3 is 9.64 Å². The molecule has 1 aliphatic heterocycles. The van der Waals surface area contributed by atoms with Gasteiger partial charge >= 0.3 is 0 Å². The van der Waals surface area contributed by atoms with Crippen molar-refractivity contribution in [1.29, 1.82) is 0 Å². The molecular weight excluding hydrogens is 408 g/mol. The Morgan fingerprint density at radius 3 is 2.03 bits per heavy atom. The van der Waals surface area contributed by atoms with Crippen LogP contribution in [-0.2, 0) is 9.59 Å². The van der Waals surface area contributed by atoms with Crippen molar-refractivity contribution in [2.45, 2.75) is 4.90 Å². The lowest BCUT2D eigenvalue weighted by molar-refractivity contribution is -0.119. The van der Waals surface area contributed by atoms with Gasteiger partial charge in [0.15, 0.2) is 0 Å². The molecule has 0 atom stereocenters. The number of carbonyl (C=O) groups is 2. The Balaban J connectivity index is 1.77. The Hall–Kier alpha value is -3.51. The third kappa shape index (κ3) is 4.07. The molecule has 0 unspecified atom stereocenters. The van der Waals surface area contributed by atoms with E-state index in [-0.39, 0.29) is 11.8 Å². The van der Waals surface area contributed by atoms with Gasteiger partial charge in [-0.05, 0) is 54.1 Å². The molecule has 3 aromatic carbocycles.